The van der Waals surface area contributed by atoms with Crippen LogP contribution in [0.1, 0.15) is 61.6 Å². The van der Waals surface area contributed by atoms with Crippen LogP contribution in [0.3, 0.4) is 0 Å². The fraction of sp³-hybridized carbons (Fsp3) is 0.417. The molecule has 1 aliphatic carbocycles. The van der Waals surface area contributed by atoms with Gasteiger partial charge in [-0.15, -0.1) is 0 Å². The molecule has 0 bridgehead atoms. The molecular formula is C36H43N3O4. The lowest BCUT2D eigenvalue weighted by Gasteiger charge is -2.32. The highest BCUT2D eigenvalue weighted by atomic mass is 16.5. The summed E-state index contributed by atoms with van der Waals surface area (Å²) in [6.45, 7) is 1.84. The standard InChI is InChI=1S/C36H43N3O4/c40-34(25-29-20-22-39(23-21-29)35(41)19-16-27-8-3-1-4-9-27)38-33(36(42)37-31-12-7-13-31)24-28-14-17-32(18-15-28)43-26-30-10-5-2-6-11-30/h1-6,8-11,14-15,17-18,29,31,33H,7,12-13,16,19-26H2,(H,37,42)(H,38,40)/t33-/m0/s1. The zero-order valence-corrected chi connectivity index (χ0v) is 24.9. The van der Waals surface area contributed by atoms with E-state index in [0.717, 1.165) is 55.4 Å². The Bertz CT molecular complexity index is 1320. The third kappa shape index (κ3) is 9.43. The summed E-state index contributed by atoms with van der Waals surface area (Å²) in [7, 11) is 0. The molecule has 7 nitrogen and oxygen atoms in total. The van der Waals surface area contributed by atoms with E-state index in [1.807, 2.05) is 77.7 Å². The van der Waals surface area contributed by atoms with Crippen LogP contribution in [0.2, 0.25) is 0 Å². The molecule has 1 saturated carbocycles. The fourth-order valence-electron chi connectivity index (χ4n) is 5.72. The Kier molecular flexibility index (Phi) is 10.8. The van der Waals surface area contributed by atoms with Gasteiger partial charge in [0.05, 0.1) is 0 Å². The summed E-state index contributed by atoms with van der Waals surface area (Å²) in [6.07, 6.45) is 6.73. The van der Waals surface area contributed by atoms with Crippen LogP contribution in [0.4, 0.5) is 0 Å². The number of nitrogens with one attached hydrogen (secondary N) is 2. The van der Waals surface area contributed by atoms with Crippen LogP contribution in [0.25, 0.3) is 0 Å². The van der Waals surface area contributed by atoms with Gasteiger partial charge >= 0.3 is 0 Å². The summed E-state index contributed by atoms with van der Waals surface area (Å²) in [5.41, 5.74) is 3.23. The van der Waals surface area contributed by atoms with Crippen LogP contribution in [-0.4, -0.2) is 47.8 Å². The van der Waals surface area contributed by atoms with Crippen molar-refractivity contribution in [3.63, 3.8) is 0 Å². The molecule has 7 heteroatoms. The first-order valence-electron chi connectivity index (χ1n) is 15.7. The minimum absolute atomic E-state index is 0.106. The zero-order valence-electron chi connectivity index (χ0n) is 24.9. The van der Waals surface area contributed by atoms with Crippen molar-refractivity contribution in [2.75, 3.05) is 13.1 Å². The first kappa shape index (κ1) is 30.3. The van der Waals surface area contributed by atoms with E-state index in [-0.39, 0.29) is 29.7 Å². The van der Waals surface area contributed by atoms with E-state index in [1.54, 1.807) is 0 Å². The van der Waals surface area contributed by atoms with Gasteiger partial charge in [-0.1, -0.05) is 72.8 Å². The SMILES string of the molecule is O=C(CC1CCN(C(=O)CCc2ccccc2)CC1)N[C@@H](Cc1ccc(OCc2ccccc2)cc1)C(=O)NC1CCC1. The highest BCUT2D eigenvalue weighted by molar-refractivity contribution is 5.88. The second kappa shape index (κ2) is 15.4. The molecular weight excluding hydrogens is 538 g/mol. The highest BCUT2D eigenvalue weighted by Gasteiger charge is 2.29. The van der Waals surface area contributed by atoms with E-state index < -0.39 is 6.04 Å². The van der Waals surface area contributed by atoms with Gasteiger partial charge in [-0.3, -0.25) is 14.4 Å². The number of piperidine rings is 1. The number of nitrogens with zero attached hydrogens (tertiary/aromatic N) is 1. The van der Waals surface area contributed by atoms with E-state index in [4.69, 9.17) is 4.74 Å². The summed E-state index contributed by atoms with van der Waals surface area (Å²) in [6, 6.07) is 27.4. The van der Waals surface area contributed by atoms with Crippen molar-refractivity contribution in [3.8, 4) is 5.75 Å². The highest BCUT2D eigenvalue weighted by Crippen LogP contribution is 2.23. The summed E-state index contributed by atoms with van der Waals surface area (Å²) in [5.74, 6) is 0.911. The molecule has 1 atom stereocenters. The fourth-order valence-corrected chi connectivity index (χ4v) is 5.72. The number of carbonyl (C=O) groups is 3. The molecule has 2 fully saturated rings. The Morgan fingerprint density at radius 1 is 0.791 bits per heavy atom. The predicted molar refractivity (Wildman–Crippen MR) is 167 cm³/mol. The van der Waals surface area contributed by atoms with Gasteiger partial charge in [0.2, 0.25) is 17.7 Å². The molecule has 0 unspecified atom stereocenters. The second-order valence-electron chi connectivity index (χ2n) is 11.9. The average molecular weight is 582 g/mol. The van der Waals surface area contributed by atoms with E-state index >= 15 is 0 Å². The minimum atomic E-state index is -0.635. The van der Waals surface area contributed by atoms with Gasteiger partial charge in [0.15, 0.2) is 0 Å². The lowest BCUT2D eigenvalue weighted by molar-refractivity contribution is -0.133. The first-order chi connectivity index (χ1) is 21.0. The summed E-state index contributed by atoms with van der Waals surface area (Å²) >= 11 is 0. The van der Waals surface area contributed by atoms with Gasteiger partial charge < -0.3 is 20.3 Å². The van der Waals surface area contributed by atoms with Crippen molar-refractivity contribution in [2.24, 2.45) is 5.92 Å². The molecule has 226 valence electrons. The van der Waals surface area contributed by atoms with E-state index in [9.17, 15) is 14.4 Å². The van der Waals surface area contributed by atoms with E-state index in [1.165, 1.54) is 5.56 Å². The number of aryl methyl sites for hydroxylation is 1. The first-order valence-corrected chi connectivity index (χ1v) is 15.7. The quantitative estimate of drug-likeness (QED) is 0.290. The van der Waals surface area contributed by atoms with Gasteiger partial charge in [0.1, 0.15) is 18.4 Å². The molecule has 2 aliphatic rings. The van der Waals surface area contributed by atoms with E-state index in [2.05, 4.69) is 22.8 Å². The smallest absolute Gasteiger partial charge is 0.243 e. The van der Waals surface area contributed by atoms with Crippen LogP contribution in [0.15, 0.2) is 84.9 Å². The monoisotopic (exact) mass is 581 g/mol. The number of hydrogen-bond acceptors (Lipinski definition) is 4. The van der Waals surface area contributed by atoms with Gasteiger partial charge in [-0.05, 0) is 73.3 Å². The minimum Gasteiger partial charge on any atom is -0.489 e. The number of amides is 3. The largest absolute Gasteiger partial charge is 0.489 e. The van der Waals surface area contributed by atoms with Crippen molar-refractivity contribution in [3.05, 3.63) is 102 Å². The van der Waals surface area contributed by atoms with E-state index in [0.29, 0.717) is 39.0 Å². The Morgan fingerprint density at radius 2 is 1.44 bits per heavy atom. The molecule has 3 aromatic carbocycles. The molecule has 5 rings (SSSR count). The summed E-state index contributed by atoms with van der Waals surface area (Å²) in [5, 5.41) is 6.15. The van der Waals surface area contributed by atoms with Crippen molar-refractivity contribution in [2.45, 2.75) is 76.5 Å². The number of likely N-dealkylation sites (tertiary alicyclic amines) is 1. The van der Waals surface area contributed by atoms with Gasteiger partial charge in [-0.2, -0.15) is 0 Å². The van der Waals surface area contributed by atoms with Crippen molar-refractivity contribution < 1.29 is 19.1 Å². The number of carbonyl (C=O) groups excluding carboxylic acids is 3. The predicted octanol–water partition coefficient (Wildman–Crippen LogP) is 5.22. The zero-order chi connectivity index (χ0) is 29.9. The van der Waals surface area contributed by atoms with Crippen molar-refractivity contribution >= 4 is 17.7 Å². The van der Waals surface area contributed by atoms with Crippen LogP contribution in [0.5, 0.6) is 5.75 Å². The normalized spacial score (nSPS) is 16.1. The molecule has 0 aromatic heterocycles. The lowest BCUT2D eigenvalue weighted by Crippen LogP contribution is -2.52. The van der Waals surface area contributed by atoms with Crippen molar-refractivity contribution in [1.82, 2.24) is 15.5 Å². The number of benzene rings is 3. The molecule has 3 aromatic rings. The number of rotatable bonds is 13. The molecule has 1 aliphatic heterocycles. The van der Waals surface area contributed by atoms with Crippen LogP contribution < -0.4 is 15.4 Å². The van der Waals surface area contributed by atoms with Gasteiger partial charge in [-0.25, -0.2) is 0 Å². The number of hydrogen-bond donors (Lipinski definition) is 2. The molecule has 0 spiro atoms. The second-order valence-corrected chi connectivity index (χ2v) is 11.9. The Balaban J connectivity index is 1.09. The number of ether oxygens (including phenoxy) is 1. The maximum atomic E-state index is 13.2. The van der Waals surface area contributed by atoms with Gasteiger partial charge in [0, 0.05) is 38.4 Å². The molecule has 2 N–H and O–H groups in total. The Hall–Kier alpha value is -4.13. The topological polar surface area (TPSA) is 87.7 Å². The maximum absolute atomic E-state index is 13.2. The van der Waals surface area contributed by atoms with Crippen molar-refractivity contribution in [1.29, 1.82) is 0 Å². The Labute approximate surface area is 255 Å². The molecule has 3 amide bonds. The molecule has 1 saturated heterocycles. The average Bonchev–Trinajstić information content (AvgIpc) is 3.02. The summed E-state index contributed by atoms with van der Waals surface area (Å²) in [4.78, 5) is 41.0. The molecule has 43 heavy (non-hydrogen) atoms. The molecule has 0 radical (unpaired) electrons. The lowest BCUT2D eigenvalue weighted by atomic mass is 9.92. The third-order valence-electron chi connectivity index (χ3n) is 8.63. The third-order valence-corrected chi connectivity index (χ3v) is 8.63. The maximum Gasteiger partial charge on any atom is 0.243 e. The Morgan fingerprint density at radius 3 is 2.07 bits per heavy atom. The summed E-state index contributed by atoms with van der Waals surface area (Å²) < 4.78 is 5.91. The molecule has 1 heterocycles. The van der Waals surface area contributed by atoms with Gasteiger partial charge in [0.25, 0.3) is 0 Å². The van der Waals surface area contributed by atoms with Crippen LogP contribution in [-0.2, 0) is 33.8 Å². The van der Waals surface area contributed by atoms with Crippen LogP contribution >= 0.6 is 0 Å². The van der Waals surface area contributed by atoms with Crippen LogP contribution in [0, 0.1) is 5.92 Å².